The van der Waals surface area contributed by atoms with Crippen molar-refractivity contribution in [3.05, 3.63) is 27.9 Å². The Morgan fingerprint density at radius 1 is 1.47 bits per heavy atom. The van der Waals surface area contributed by atoms with E-state index in [2.05, 4.69) is 10.3 Å². The molecule has 0 aliphatic carbocycles. The number of aryl methyl sites for hydroxylation is 1. The van der Waals surface area contributed by atoms with Gasteiger partial charge in [0.25, 0.3) is 5.69 Å². The molecule has 0 saturated heterocycles. The minimum atomic E-state index is -0.390. The molecule has 1 aromatic heterocycles. The second-order valence-electron chi connectivity index (χ2n) is 4.67. The molecule has 0 radical (unpaired) electrons. The Morgan fingerprint density at radius 3 is 2.84 bits per heavy atom. The first-order chi connectivity index (χ1) is 9.00. The summed E-state index contributed by atoms with van der Waals surface area (Å²) >= 11 is 0. The number of unbranched alkanes of at least 4 members (excludes halogenated alkanes) is 1. The van der Waals surface area contributed by atoms with Gasteiger partial charge < -0.3 is 10.1 Å². The Morgan fingerprint density at radius 2 is 2.21 bits per heavy atom. The van der Waals surface area contributed by atoms with Crippen LogP contribution in [0.4, 0.5) is 11.5 Å². The van der Waals surface area contributed by atoms with Gasteiger partial charge in [0.1, 0.15) is 5.82 Å². The fourth-order valence-electron chi connectivity index (χ4n) is 1.57. The van der Waals surface area contributed by atoms with E-state index in [1.54, 1.807) is 6.92 Å². The van der Waals surface area contributed by atoms with Crippen molar-refractivity contribution in [3.63, 3.8) is 0 Å². The van der Waals surface area contributed by atoms with E-state index in [0.717, 1.165) is 26.0 Å². The Bertz CT molecular complexity index is 422. The highest BCUT2D eigenvalue weighted by molar-refractivity contribution is 5.48. The van der Waals surface area contributed by atoms with E-state index in [1.807, 2.05) is 13.8 Å². The van der Waals surface area contributed by atoms with E-state index in [-0.39, 0.29) is 11.8 Å². The number of pyridine rings is 1. The maximum Gasteiger partial charge on any atom is 0.277 e. The predicted molar refractivity (Wildman–Crippen MR) is 74.4 cm³/mol. The minimum Gasteiger partial charge on any atom is -0.379 e. The maximum atomic E-state index is 10.8. The number of nitro groups is 1. The molecule has 6 heteroatoms. The molecule has 0 bridgehead atoms. The first-order valence-corrected chi connectivity index (χ1v) is 6.47. The summed E-state index contributed by atoms with van der Waals surface area (Å²) in [6.45, 7) is 7.16. The normalized spacial score (nSPS) is 10.7. The average Bonchev–Trinajstić information content (AvgIpc) is 2.34. The first-order valence-electron chi connectivity index (χ1n) is 6.47. The summed E-state index contributed by atoms with van der Waals surface area (Å²) in [5.41, 5.74) is 0.668. The van der Waals surface area contributed by atoms with E-state index in [1.165, 1.54) is 12.3 Å². The van der Waals surface area contributed by atoms with Gasteiger partial charge >= 0.3 is 0 Å². The Kier molecular flexibility index (Phi) is 6.21. The molecule has 1 aromatic rings. The summed E-state index contributed by atoms with van der Waals surface area (Å²) in [5.74, 6) is 0.544. The molecule has 1 heterocycles. The predicted octanol–water partition coefficient (Wildman–Crippen LogP) is 2.92. The molecule has 0 amide bonds. The molecule has 0 aliphatic rings. The van der Waals surface area contributed by atoms with Crippen LogP contribution in [0, 0.1) is 17.0 Å². The van der Waals surface area contributed by atoms with Crippen molar-refractivity contribution >= 4 is 11.5 Å². The maximum absolute atomic E-state index is 10.8. The summed E-state index contributed by atoms with van der Waals surface area (Å²) in [6, 6.07) is 1.47. The minimum absolute atomic E-state index is 0.0978. The molecule has 19 heavy (non-hydrogen) atoms. The van der Waals surface area contributed by atoms with Crippen LogP contribution < -0.4 is 5.32 Å². The fraction of sp³-hybridized carbons (Fsp3) is 0.615. The first kappa shape index (κ1) is 15.4. The highest BCUT2D eigenvalue weighted by atomic mass is 16.6. The third kappa shape index (κ3) is 5.65. The van der Waals surface area contributed by atoms with Gasteiger partial charge in [-0.1, -0.05) is 0 Å². The van der Waals surface area contributed by atoms with Crippen LogP contribution in [0.3, 0.4) is 0 Å². The summed E-state index contributed by atoms with van der Waals surface area (Å²) in [6.07, 6.45) is 3.67. The van der Waals surface area contributed by atoms with Crippen LogP contribution in [-0.4, -0.2) is 29.2 Å². The fourth-order valence-corrected chi connectivity index (χ4v) is 1.57. The van der Waals surface area contributed by atoms with Crippen LogP contribution >= 0.6 is 0 Å². The molecule has 1 N–H and O–H groups in total. The van der Waals surface area contributed by atoms with Crippen LogP contribution in [0.15, 0.2) is 12.3 Å². The molecular weight excluding hydrogens is 246 g/mol. The molecule has 0 aromatic carbocycles. The van der Waals surface area contributed by atoms with Gasteiger partial charge in [-0.25, -0.2) is 4.98 Å². The van der Waals surface area contributed by atoms with E-state index in [4.69, 9.17) is 4.74 Å². The second kappa shape index (κ2) is 7.68. The van der Waals surface area contributed by atoms with Crippen molar-refractivity contribution in [3.8, 4) is 0 Å². The van der Waals surface area contributed by atoms with Crippen LogP contribution in [0.25, 0.3) is 0 Å². The zero-order valence-corrected chi connectivity index (χ0v) is 11.7. The van der Waals surface area contributed by atoms with Gasteiger partial charge in [-0.15, -0.1) is 0 Å². The van der Waals surface area contributed by atoms with Crippen LogP contribution in [0.2, 0.25) is 0 Å². The lowest BCUT2D eigenvalue weighted by Crippen LogP contribution is -2.08. The standard InChI is InChI=1S/C13H21N3O3/c1-10(2)19-7-5-4-6-14-13-8-12(16(17)18)11(3)9-15-13/h8-10H,4-7H2,1-3H3,(H,14,15). The highest BCUT2D eigenvalue weighted by Gasteiger charge is 2.11. The van der Waals surface area contributed by atoms with Gasteiger partial charge in [0.15, 0.2) is 0 Å². The zero-order valence-electron chi connectivity index (χ0n) is 11.7. The van der Waals surface area contributed by atoms with Gasteiger partial charge in [0.05, 0.1) is 17.1 Å². The Labute approximate surface area is 113 Å². The lowest BCUT2D eigenvalue weighted by Gasteiger charge is -2.08. The summed E-state index contributed by atoms with van der Waals surface area (Å²) in [5, 5.41) is 13.9. The molecule has 0 unspecified atom stereocenters. The molecule has 1 rings (SSSR count). The number of ether oxygens (including phenoxy) is 1. The van der Waals surface area contributed by atoms with E-state index in [9.17, 15) is 10.1 Å². The van der Waals surface area contributed by atoms with Gasteiger partial charge in [-0.3, -0.25) is 10.1 Å². The van der Waals surface area contributed by atoms with Crippen molar-refractivity contribution in [2.24, 2.45) is 0 Å². The largest absolute Gasteiger partial charge is 0.379 e. The Hall–Kier alpha value is -1.69. The lowest BCUT2D eigenvalue weighted by molar-refractivity contribution is -0.385. The average molecular weight is 267 g/mol. The van der Waals surface area contributed by atoms with E-state index < -0.39 is 4.92 Å². The summed E-state index contributed by atoms with van der Waals surface area (Å²) < 4.78 is 5.43. The van der Waals surface area contributed by atoms with Crippen molar-refractivity contribution in [1.29, 1.82) is 0 Å². The number of nitrogens with zero attached hydrogens (tertiary/aromatic N) is 2. The number of nitrogens with one attached hydrogen (secondary N) is 1. The number of aromatic nitrogens is 1. The van der Waals surface area contributed by atoms with Crippen LogP contribution in [0.1, 0.15) is 32.3 Å². The number of rotatable bonds is 8. The number of hydrogen-bond donors (Lipinski definition) is 1. The summed E-state index contributed by atoms with van der Waals surface area (Å²) in [4.78, 5) is 14.5. The second-order valence-corrected chi connectivity index (χ2v) is 4.67. The SMILES string of the molecule is Cc1cnc(NCCCCOC(C)C)cc1[N+](=O)[O-]. The van der Waals surface area contributed by atoms with E-state index in [0.29, 0.717) is 11.4 Å². The van der Waals surface area contributed by atoms with Crippen LogP contribution in [0.5, 0.6) is 0 Å². The van der Waals surface area contributed by atoms with Gasteiger partial charge in [0.2, 0.25) is 0 Å². The van der Waals surface area contributed by atoms with Crippen molar-refractivity contribution in [1.82, 2.24) is 4.98 Å². The molecule has 0 aliphatic heterocycles. The number of hydrogen-bond acceptors (Lipinski definition) is 5. The van der Waals surface area contributed by atoms with Crippen molar-refractivity contribution < 1.29 is 9.66 Å². The van der Waals surface area contributed by atoms with E-state index >= 15 is 0 Å². The molecule has 106 valence electrons. The zero-order chi connectivity index (χ0) is 14.3. The smallest absolute Gasteiger partial charge is 0.277 e. The van der Waals surface area contributed by atoms with Gasteiger partial charge in [-0.05, 0) is 33.6 Å². The molecule has 0 saturated carbocycles. The topological polar surface area (TPSA) is 77.3 Å². The van der Waals surface area contributed by atoms with Gasteiger partial charge in [-0.2, -0.15) is 0 Å². The molecule has 0 spiro atoms. The molecule has 6 nitrogen and oxygen atoms in total. The lowest BCUT2D eigenvalue weighted by atomic mass is 10.2. The van der Waals surface area contributed by atoms with Crippen LogP contribution in [-0.2, 0) is 4.74 Å². The molecule has 0 atom stereocenters. The Balaban J connectivity index is 2.34. The third-order valence-electron chi connectivity index (χ3n) is 2.60. The quantitative estimate of drug-likeness (QED) is 0.445. The van der Waals surface area contributed by atoms with Gasteiger partial charge in [0, 0.05) is 24.9 Å². The molecular formula is C13H21N3O3. The van der Waals surface area contributed by atoms with Crippen molar-refractivity contribution in [2.45, 2.75) is 39.7 Å². The monoisotopic (exact) mass is 267 g/mol. The third-order valence-corrected chi connectivity index (χ3v) is 2.60. The number of anilines is 1. The highest BCUT2D eigenvalue weighted by Crippen LogP contribution is 2.19. The summed E-state index contributed by atoms with van der Waals surface area (Å²) in [7, 11) is 0. The molecule has 0 fully saturated rings. The van der Waals surface area contributed by atoms with Crippen molar-refractivity contribution in [2.75, 3.05) is 18.5 Å².